The summed E-state index contributed by atoms with van der Waals surface area (Å²) in [5.74, 6) is -0.563. The fourth-order valence-corrected chi connectivity index (χ4v) is 6.16. The topological polar surface area (TPSA) is 90.0 Å². The van der Waals surface area contributed by atoms with E-state index in [2.05, 4.69) is 0 Å². The Morgan fingerprint density at radius 3 is 2.42 bits per heavy atom. The van der Waals surface area contributed by atoms with Crippen molar-refractivity contribution in [2.45, 2.75) is 11.4 Å². The predicted molar refractivity (Wildman–Crippen MR) is 148 cm³/mol. The van der Waals surface area contributed by atoms with E-state index in [1.165, 1.54) is 42.4 Å². The number of halogens is 1. The van der Waals surface area contributed by atoms with Gasteiger partial charge in [0.05, 0.1) is 23.6 Å². The van der Waals surface area contributed by atoms with Gasteiger partial charge in [-0.25, -0.2) is 0 Å². The van der Waals surface area contributed by atoms with Gasteiger partial charge in [-0.3, -0.25) is 14.5 Å². The number of hydrogen-bond acceptors (Lipinski definition) is 7. The average molecular weight is 566 g/mol. The SMILES string of the molecule is COc1cc(/C=C2\SC(=O)N(Cc3cccc4ccccc34)C2=O)cc(Cl)c1OS(=O)(=O)c1ccccc1. The Kier molecular flexibility index (Phi) is 7.16. The number of rotatable bonds is 7. The molecule has 1 fully saturated rings. The number of fused-ring (bicyclic) bond motifs is 1. The molecule has 1 aliphatic rings. The minimum Gasteiger partial charge on any atom is -0.493 e. The zero-order valence-corrected chi connectivity index (χ0v) is 22.3. The van der Waals surface area contributed by atoms with Gasteiger partial charge in [-0.1, -0.05) is 72.3 Å². The van der Waals surface area contributed by atoms with E-state index >= 15 is 0 Å². The van der Waals surface area contributed by atoms with Gasteiger partial charge in [-0.15, -0.1) is 0 Å². The minimum absolute atomic E-state index is 0.0370. The number of methoxy groups -OCH3 is 1. The highest BCUT2D eigenvalue weighted by molar-refractivity contribution is 8.18. The smallest absolute Gasteiger partial charge is 0.339 e. The number of benzene rings is 4. The maximum atomic E-state index is 13.2. The second kappa shape index (κ2) is 10.5. The molecule has 0 aromatic heterocycles. The Labute approximate surface area is 228 Å². The molecule has 7 nitrogen and oxygen atoms in total. The summed E-state index contributed by atoms with van der Waals surface area (Å²) in [6.45, 7) is 0.136. The zero-order valence-electron chi connectivity index (χ0n) is 20.0. The molecule has 38 heavy (non-hydrogen) atoms. The summed E-state index contributed by atoms with van der Waals surface area (Å²) in [5, 5.41) is 1.56. The maximum Gasteiger partial charge on any atom is 0.339 e. The van der Waals surface area contributed by atoms with Gasteiger partial charge in [0.25, 0.3) is 11.1 Å². The molecule has 0 saturated carbocycles. The molecule has 2 amide bonds. The summed E-state index contributed by atoms with van der Waals surface area (Å²) in [6, 6.07) is 24.1. The Bertz CT molecular complexity index is 1700. The van der Waals surface area contributed by atoms with Crippen LogP contribution in [0.15, 0.2) is 94.7 Å². The normalized spacial score (nSPS) is 14.9. The van der Waals surface area contributed by atoms with Crippen molar-refractivity contribution in [1.82, 2.24) is 4.90 Å². The van der Waals surface area contributed by atoms with Crippen LogP contribution in [-0.2, 0) is 21.5 Å². The molecular formula is C28H20ClNO6S2. The van der Waals surface area contributed by atoms with Crippen molar-refractivity contribution in [2.75, 3.05) is 7.11 Å². The number of imide groups is 1. The van der Waals surface area contributed by atoms with Crippen molar-refractivity contribution in [2.24, 2.45) is 0 Å². The van der Waals surface area contributed by atoms with Crippen molar-refractivity contribution in [1.29, 1.82) is 0 Å². The second-order valence-electron chi connectivity index (χ2n) is 8.29. The maximum absolute atomic E-state index is 13.2. The Morgan fingerprint density at radius 2 is 1.66 bits per heavy atom. The number of hydrogen-bond donors (Lipinski definition) is 0. The van der Waals surface area contributed by atoms with E-state index in [0.29, 0.717) is 5.56 Å². The van der Waals surface area contributed by atoms with Crippen molar-refractivity contribution < 1.29 is 26.9 Å². The summed E-state index contributed by atoms with van der Waals surface area (Å²) in [7, 11) is -2.82. The fourth-order valence-electron chi connectivity index (χ4n) is 4.04. The van der Waals surface area contributed by atoms with Gasteiger partial charge in [0.15, 0.2) is 5.75 Å². The lowest BCUT2D eigenvalue weighted by molar-refractivity contribution is -0.123. The fraction of sp³-hybridized carbons (Fsp3) is 0.0714. The first-order chi connectivity index (χ1) is 18.3. The van der Waals surface area contributed by atoms with Crippen LogP contribution in [-0.4, -0.2) is 31.6 Å². The van der Waals surface area contributed by atoms with Crippen LogP contribution in [0.3, 0.4) is 0 Å². The average Bonchev–Trinajstić information content (AvgIpc) is 3.18. The molecule has 0 aliphatic carbocycles. The van der Waals surface area contributed by atoms with Crippen LogP contribution in [0.1, 0.15) is 11.1 Å². The third kappa shape index (κ3) is 5.13. The highest BCUT2D eigenvalue weighted by Crippen LogP contribution is 2.40. The summed E-state index contributed by atoms with van der Waals surface area (Å²) in [5.41, 5.74) is 1.30. The molecule has 4 aromatic rings. The van der Waals surface area contributed by atoms with Crippen LogP contribution in [0.25, 0.3) is 16.8 Å². The third-order valence-electron chi connectivity index (χ3n) is 5.86. The quantitative estimate of drug-likeness (QED) is 0.186. The van der Waals surface area contributed by atoms with E-state index in [1.807, 2.05) is 42.5 Å². The van der Waals surface area contributed by atoms with Gasteiger partial charge >= 0.3 is 10.1 Å². The molecule has 0 unspecified atom stereocenters. The molecule has 10 heteroatoms. The molecule has 4 aromatic carbocycles. The van der Waals surface area contributed by atoms with E-state index in [4.69, 9.17) is 20.5 Å². The van der Waals surface area contributed by atoms with Crippen LogP contribution in [0.4, 0.5) is 4.79 Å². The standard InChI is InChI=1S/C28H20ClNO6S2/c1-35-24-15-18(14-23(29)26(24)36-38(33,34)21-11-3-2-4-12-21)16-25-27(31)30(28(32)37-25)17-20-10-7-9-19-8-5-6-13-22(19)20/h2-16H,17H2,1H3/b25-16-. The molecule has 0 bridgehead atoms. The van der Waals surface area contributed by atoms with Gasteiger partial charge < -0.3 is 8.92 Å². The van der Waals surface area contributed by atoms with Gasteiger partial charge in [0, 0.05) is 0 Å². The lowest BCUT2D eigenvalue weighted by atomic mass is 10.0. The molecule has 0 N–H and O–H groups in total. The molecule has 0 atom stereocenters. The molecule has 192 valence electrons. The Morgan fingerprint density at radius 1 is 0.947 bits per heavy atom. The summed E-state index contributed by atoms with van der Waals surface area (Å²) < 4.78 is 36.0. The zero-order chi connectivity index (χ0) is 26.9. The number of nitrogens with zero attached hydrogens (tertiary/aromatic N) is 1. The lowest BCUT2D eigenvalue weighted by Crippen LogP contribution is -2.27. The van der Waals surface area contributed by atoms with E-state index < -0.39 is 16.0 Å². The van der Waals surface area contributed by atoms with E-state index in [0.717, 1.165) is 28.1 Å². The first kappa shape index (κ1) is 25.8. The van der Waals surface area contributed by atoms with Crippen LogP contribution in [0, 0.1) is 0 Å². The van der Waals surface area contributed by atoms with Gasteiger partial charge in [-0.2, -0.15) is 8.42 Å². The number of thioether (sulfide) groups is 1. The van der Waals surface area contributed by atoms with Gasteiger partial charge in [0.1, 0.15) is 4.90 Å². The summed E-state index contributed by atoms with van der Waals surface area (Å²) >= 11 is 7.20. The van der Waals surface area contributed by atoms with Crippen molar-refractivity contribution in [3.8, 4) is 11.5 Å². The first-order valence-electron chi connectivity index (χ1n) is 11.4. The predicted octanol–water partition coefficient (Wildman–Crippen LogP) is 6.51. The molecule has 5 rings (SSSR count). The highest BCUT2D eigenvalue weighted by Gasteiger charge is 2.35. The Balaban J connectivity index is 1.41. The van der Waals surface area contributed by atoms with Crippen molar-refractivity contribution in [3.63, 3.8) is 0 Å². The number of carbonyl (C=O) groups excluding carboxylic acids is 2. The van der Waals surface area contributed by atoms with Crippen LogP contribution in [0.5, 0.6) is 11.5 Å². The van der Waals surface area contributed by atoms with Crippen LogP contribution in [0.2, 0.25) is 5.02 Å². The van der Waals surface area contributed by atoms with E-state index in [9.17, 15) is 18.0 Å². The summed E-state index contributed by atoms with van der Waals surface area (Å²) in [6.07, 6.45) is 1.51. The lowest BCUT2D eigenvalue weighted by Gasteiger charge is -2.14. The molecule has 1 saturated heterocycles. The minimum atomic E-state index is -4.16. The van der Waals surface area contributed by atoms with Crippen LogP contribution < -0.4 is 8.92 Å². The number of ether oxygens (including phenoxy) is 1. The molecule has 0 radical (unpaired) electrons. The van der Waals surface area contributed by atoms with Crippen molar-refractivity contribution in [3.05, 3.63) is 106 Å². The molecule has 0 spiro atoms. The molecular weight excluding hydrogens is 546 g/mol. The summed E-state index contributed by atoms with van der Waals surface area (Å²) in [4.78, 5) is 27.3. The highest BCUT2D eigenvalue weighted by atomic mass is 35.5. The first-order valence-corrected chi connectivity index (χ1v) is 14.0. The van der Waals surface area contributed by atoms with Crippen molar-refractivity contribution >= 4 is 61.5 Å². The van der Waals surface area contributed by atoms with E-state index in [1.54, 1.807) is 18.2 Å². The van der Waals surface area contributed by atoms with Gasteiger partial charge in [-0.05, 0) is 64.0 Å². The number of amides is 2. The Hall–Kier alpha value is -3.79. The van der Waals surface area contributed by atoms with Gasteiger partial charge in [0.2, 0.25) is 5.75 Å². The largest absolute Gasteiger partial charge is 0.493 e. The van der Waals surface area contributed by atoms with E-state index in [-0.39, 0.29) is 38.1 Å². The van der Waals surface area contributed by atoms with Crippen LogP contribution >= 0.6 is 23.4 Å². The molecule has 1 aliphatic heterocycles. The number of carbonyl (C=O) groups is 2. The monoisotopic (exact) mass is 565 g/mol. The molecule has 1 heterocycles. The second-order valence-corrected chi connectivity index (χ2v) is 11.2. The third-order valence-corrected chi connectivity index (χ3v) is 8.28.